The summed E-state index contributed by atoms with van der Waals surface area (Å²) in [5, 5.41) is 12.1. The first kappa shape index (κ1) is 15.7. The van der Waals surface area contributed by atoms with Crippen LogP contribution in [0.15, 0.2) is 23.6 Å². The fourth-order valence-electron chi connectivity index (χ4n) is 3.20. The topological polar surface area (TPSA) is 58.1 Å². The lowest BCUT2D eigenvalue weighted by atomic mass is 10.1. The number of nitrogens with zero attached hydrogens (tertiary/aromatic N) is 3. The van der Waals surface area contributed by atoms with Gasteiger partial charge in [-0.15, -0.1) is 11.3 Å². The predicted octanol–water partition coefficient (Wildman–Crippen LogP) is 2.25. The third-order valence-electron chi connectivity index (χ3n) is 4.71. The van der Waals surface area contributed by atoms with E-state index in [9.17, 15) is 0 Å². The Kier molecular flexibility index (Phi) is 4.30. The van der Waals surface area contributed by atoms with Crippen molar-refractivity contribution >= 4 is 16.5 Å². The zero-order valence-electron chi connectivity index (χ0n) is 13.6. The van der Waals surface area contributed by atoms with Crippen molar-refractivity contribution in [2.24, 2.45) is 0 Å². The molecule has 0 aliphatic carbocycles. The van der Waals surface area contributed by atoms with E-state index in [-0.39, 0.29) is 6.61 Å². The quantitative estimate of drug-likeness (QED) is 0.915. The number of fused-ring (bicyclic) bond motifs is 1. The number of aliphatic hydroxyl groups excluding tert-OH is 1. The molecule has 1 unspecified atom stereocenters. The molecule has 0 spiro atoms. The smallest absolute Gasteiger partial charge is 0.231 e. The van der Waals surface area contributed by atoms with Crippen LogP contribution in [0.5, 0.6) is 11.5 Å². The molecule has 128 valence electrons. The largest absolute Gasteiger partial charge is 0.454 e. The molecule has 4 rings (SSSR count). The Balaban J connectivity index is 1.40. The third-order valence-corrected chi connectivity index (χ3v) is 5.66. The minimum absolute atomic E-state index is 0.0115. The van der Waals surface area contributed by atoms with Crippen molar-refractivity contribution in [1.82, 2.24) is 9.88 Å². The highest BCUT2D eigenvalue weighted by Gasteiger charge is 2.25. The second kappa shape index (κ2) is 6.58. The highest BCUT2D eigenvalue weighted by Crippen LogP contribution is 2.35. The average molecular weight is 347 g/mol. The molecule has 1 fully saturated rings. The molecule has 3 heterocycles. The maximum absolute atomic E-state index is 9.16. The van der Waals surface area contributed by atoms with Crippen molar-refractivity contribution < 1.29 is 14.6 Å². The summed E-state index contributed by atoms with van der Waals surface area (Å²) in [5.74, 6) is 1.68. The van der Waals surface area contributed by atoms with Crippen LogP contribution in [0.3, 0.4) is 0 Å². The number of thiazole rings is 1. The number of rotatable bonds is 4. The van der Waals surface area contributed by atoms with Gasteiger partial charge in [-0.2, -0.15) is 0 Å². The lowest BCUT2D eigenvalue weighted by Gasteiger charge is -2.38. The molecule has 1 aromatic heterocycles. The van der Waals surface area contributed by atoms with Gasteiger partial charge >= 0.3 is 0 Å². The standard InChI is InChI=1S/C17H21N3O3S/c1-12(13-2-3-15-16(8-13)23-11-22-15)19-4-6-20(7-5-19)17-18-14(9-21)10-24-17/h2-3,8,10,12,21H,4-7,9,11H2,1H3. The van der Waals surface area contributed by atoms with Crippen LogP contribution in [-0.2, 0) is 6.61 Å². The Morgan fingerprint density at radius 1 is 1.21 bits per heavy atom. The fraction of sp³-hybridized carbons (Fsp3) is 0.471. The molecule has 0 amide bonds. The van der Waals surface area contributed by atoms with E-state index >= 15 is 0 Å². The summed E-state index contributed by atoms with van der Waals surface area (Å²) >= 11 is 1.61. The fourth-order valence-corrected chi connectivity index (χ4v) is 4.07. The third kappa shape index (κ3) is 2.94. The number of ether oxygens (including phenoxy) is 2. The molecule has 2 aliphatic rings. The summed E-state index contributed by atoms with van der Waals surface area (Å²) in [6.45, 7) is 6.45. The highest BCUT2D eigenvalue weighted by molar-refractivity contribution is 7.13. The van der Waals surface area contributed by atoms with Gasteiger partial charge in [0.05, 0.1) is 12.3 Å². The van der Waals surface area contributed by atoms with Crippen molar-refractivity contribution in [2.45, 2.75) is 19.6 Å². The number of aliphatic hydroxyl groups is 1. The monoisotopic (exact) mass is 347 g/mol. The zero-order valence-corrected chi connectivity index (χ0v) is 14.5. The Labute approximate surface area is 145 Å². The number of piperazine rings is 1. The van der Waals surface area contributed by atoms with E-state index in [1.54, 1.807) is 11.3 Å². The number of aromatic nitrogens is 1. The van der Waals surface area contributed by atoms with Crippen molar-refractivity contribution in [2.75, 3.05) is 37.9 Å². The Morgan fingerprint density at radius 3 is 2.75 bits per heavy atom. The second-order valence-corrected chi connectivity index (χ2v) is 6.93. The molecule has 1 N–H and O–H groups in total. The molecule has 1 atom stereocenters. The second-order valence-electron chi connectivity index (χ2n) is 6.09. The van der Waals surface area contributed by atoms with E-state index in [1.165, 1.54) is 5.56 Å². The number of anilines is 1. The summed E-state index contributed by atoms with van der Waals surface area (Å²) in [6.07, 6.45) is 0. The maximum Gasteiger partial charge on any atom is 0.231 e. The van der Waals surface area contributed by atoms with Crippen LogP contribution in [0.25, 0.3) is 0 Å². The Morgan fingerprint density at radius 2 is 2.00 bits per heavy atom. The van der Waals surface area contributed by atoms with Gasteiger partial charge in [0.2, 0.25) is 6.79 Å². The molecule has 0 saturated carbocycles. The van der Waals surface area contributed by atoms with Crippen LogP contribution in [0.2, 0.25) is 0 Å². The first-order valence-corrected chi connectivity index (χ1v) is 9.06. The van der Waals surface area contributed by atoms with Gasteiger partial charge in [-0.05, 0) is 24.6 Å². The first-order chi connectivity index (χ1) is 11.7. The summed E-state index contributed by atoms with van der Waals surface area (Å²) in [5.41, 5.74) is 2.01. The van der Waals surface area contributed by atoms with Crippen LogP contribution in [0.1, 0.15) is 24.2 Å². The lowest BCUT2D eigenvalue weighted by Crippen LogP contribution is -2.47. The van der Waals surface area contributed by atoms with Crippen LogP contribution in [-0.4, -0.2) is 48.0 Å². The lowest BCUT2D eigenvalue weighted by molar-refractivity contribution is 0.173. The van der Waals surface area contributed by atoms with Crippen LogP contribution in [0, 0.1) is 0 Å². The van der Waals surface area contributed by atoms with Gasteiger partial charge < -0.3 is 19.5 Å². The summed E-state index contributed by atoms with van der Waals surface area (Å²) < 4.78 is 10.9. The van der Waals surface area contributed by atoms with Crippen LogP contribution in [0.4, 0.5) is 5.13 Å². The van der Waals surface area contributed by atoms with Gasteiger partial charge in [0.25, 0.3) is 0 Å². The molecule has 7 heteroatoms. The van der Waals surface area contributed by atoms with E-state index in [1.807, 2.05) is 11.4 Å². The maximum atomic E-state index is 9.16. The van der Waals surface area contributed by atoms with Crippen molar-refractivity contribution in [1.29, 1.82) is 0 Å². The zero-order chi connectivity index (χ0) is 16.5. The van der Waals surface area contributed by atoms with Crippen LogP contribution >= 0.6 is 11.3 Å². The van der Waals surface area contributed by atoms with E-state index in [2.05, 4.69) is 33.8 Å². The molecule has 0 bridgehead atoms. The molecule has 2 aliphatic heterocycles. The minimum atomic E-state index is 0.0115. The van der Waals surface area contributed by atoms with Gasteiger partial charge in [0.15, 0.2) is 16.6 Å². The summed E-state index contributed by atoms with van der Waals surface area (Å²) in [7, 11) is 0. The van der Waals surface area contributed by atoms with E-state index in [0.717, 1.165) is 48.5 Å². The number of hydrogen-bond donors (Lipinski definition) is 1. The summed E-state index contributed by atoms with van der Waals surface area (Å²) in [6, 6.07) is 6.55. The SMILES string of the molecule is CC(c1ccc2c(c1)OCO2)N1CCN(c2nc(CO)cs2)CC1. The summed E-state index contributed by atoms with van der Waals surface area (Å²) in [4.78, 5) is 9.24. The van der Waals surface area contributed by atoms with Crippen molar-refractivity contribution in [3.63, 3.8) is 0 Å². The van der Waals surface area contributed by atoms with Crippen molar-refractivity contribution in [3.05, 3.63) is 34.8 Å². The van der Waals surface area contributed by atoms with E-state index in [0.29, 0.717) is 12.8 Å². The van der Waals surface area contributed by atoms with Crippen molar-refractivity contribution in [3.8, 4) is 11.5 Å². The van der Waals surface area contributed by atoms with Gasteiger partial charge in [0, 0.05) is 37.6 Å². The molecule has 1 saturated heterocycles. The minimum Gasteiger partial charge on any atom is -0.454 e. The van der Waals surface area contributed by atoms with Gasteiger partial charge in [-0.25, -0.2) is 4.98 Å². The number of hydrogen-bond acceptors (Lipinski definition) is 7. The molecule has 1 aromatic carbocycles. The first-order valence-electron chi connectivity index (χ1n) is 8.18. The molecule has 2 aromatic rings. The van der Waals surface area contributed by atoms with E-state index in [4.69, 9.17) is 14.6 Å². The molecule has 24 heavy (non-hydrogen) atoms. The molecule has 0 radical (unpaired) electrons. The van der Waals surface area contributed by atoms with E-state index < -0.39 is 0 Å². The van der Waals surface area contributed by atoms with Gasteiger partial charge in [0.1, 0.15) is 0 Å². The predicted molar refractivity (Wildman–Crippen MR) is 92.8 cm³/mol. The molecular weight excluding hydrogens is 326 g/mol. The van der Waals surface area contributed by atoms with Gasteiger partial charge in [-0.1, -0.05) is 6.07 Å². The Bertz CT molecular complexity index is 713. The Hall–Kier alpha value is -1.83. The number of benzene rings is 1. The highest BCUT2D eigenvalue weighted by atomic mass is 32.1. The average Bonchev–Trinajstić information content (AvgIpc) is 3.29. The normalized spacial score (nSPS) is 18.8. The van der Waals surface area contributed by atoms with Crippen LogP contribution < -0.4 is 14.4 Å². The molecular formula is C17H21N3O3S. The molecule has 6 nitrogen and oxygen atoms in total. The van der Waals surface area contributed by atoms with Gasteiger partial charge in [-0.3, -0.25) is 4.90 Å².